The average molecular weight is 356 g/mol. The SMILES string of the molecule is CCCC1CCC(C2CCC(CCc3ccc(C#N)cc3F)CC2)CC1. The summed E-state index contributed by atoms with van der Waals surface area (Å²) >= 11 is 0. The van der Waals surface area contributed by atoms with Crippen molar-refractivity contribution in [2.45, 2.75) is 84.0 Å². The van der Waals surface area contributed by atoms with E-state index in [2.05, 4.69) is 6.92 Å². The Morgan fingerprint density at radius 1 is 0.923 bits per heavy atom. The van der Waals surface area contributed by atoms with E-state index in [1.54, 1.807) is 12.1 Å². The van der Waals surface area contributed by atoms with Crippen molar-refractivity contribution in [1.29, 1.82) is 5.26 Å². The highest BCUT2D eigenvalue weighted by molar-refractivity contribution is 5.32. The largest absolute Gasteiger partial charge is 0.207 e. The average Bonchev–Trinajstić information content (AvgIpc) is 2.68. The molecule has 0 bridgehead atoms. The molecule has 0 unspecified atom stereocenters. The lowest BCUT2D eigenvalue weighted by Gasteiger charge is -2.38. The lowest BCUT2D eigenvalue weighted by atomic mass is 9.68. The summed E-state index contributed by atoms with van der Waals surface area (Å²) in [5, 5.41) is 8.84. The Morgan fingerprint density at radius 3 is 2.00 bits per heavy atom. The van der Waals surface area contributed by atoms with E-state index in [-0.39, 0.29) is 5.82 Å². The zero-order valence-corrected chi connectivity index (χ0v) is 16.4. The van der Waals surface area contributed by atoms with E-state index >= 15 is 0 Å². The Bertz CT molecular complexity index is 601. The van der Waals surface area contributed by atoms with Crippen LogP contribution in [0.25, 0.3) is 0 Å². The van der Waals surface area contributed by atoms with Crippen molar-refractivity contribution in [2.24, 2.45) is 23.7 Å². The first-order valence-corrected chi connectivity index (χ1v) is 10.9. The lowest BCUT2D eigenvalue weighted by molar-refractivity contribution is 0.141. The maximum atomic E-state index is 14.0. The summed E-state index contributed by atoms with van der Waals surface area (Å²) in [6.45, 7) is 2.32. The van der Waals surface area contributed by atoms with Crippen LogP contribution in [0.4, 0.5) is 4.39 Å². The van der Waals surface area contributed by atoms with Crippen LogP contribution in [-0.4, -0.2) is 0 Å². The molecule has 0 amide bonds. The van der Waals surface area contributed by atoms with Gasteiger partial charge in [0.25, 0.3) is 0 Å². The third kappa shape index (κ3) is 5.09. The molecule has 0 N–H and O–H groups in total. The molecule has 2 fully saturated rings. The van der Waals surface area contributed by atoms with Crippen LogP contribution in [0, 0.1) is 40.8 Å². The molecule has 0 radical (unpaired) electrons. The van der Waals surface area contributed by atoms with Gasteiger partial charge in [-0.1, -0.05) is 51.5 Å². The summed E-state index contributed by atoms with van der Waals surface area (Å²) in [6.07, 6.45) is 16.0. The molecule has 2 aliphatic rings. The second-order valence-electron chi connectivity index (χ2n) is 8.81. The summed E-state index contributed by atoms with van der Waals surface area (Å²) in [6, 6.07) is 6.92. The summed E-state index contributed by atoms with van der Waals surface area (Å²) in [7, 11) is 0. The van der Waals surface area contributed by atoms with E-state index in [9.17, 15) is 4.39 Å². The second-order valence-corrected chi connectivity index (χ2v) is 8.81. The van der Waals surface area contributed by atoms with Crippen molar-refractivity contribution >= 4 is 0 Å². The van der Waals surface area contributed by atoms with Gasteiger partial charge >= 0.3 is 0 Å². The predicted molar refractivity (Wildman–Crippen MR) is 105 cm³/mol. The molecule has 1 aromatic carbocycles. The van der Waals surface area contributed by atoms with Gasteiger partial charge in [0.1, 0.15) is 5.82 Å². The van der Waals surface area contributed by atoms with Crippen molar-refractivity contribution in [2.75, 3.05) is 0 Å². The molecule has 26 heavy (non-hydrogen) atoms. The smallest absolute Gasteiger partial charge is 0.127 e. The number of halogens is 1. The third-order valence-corrected chi connectivity index (χ3v) is 7.15. The van der Waals surface area contributed by atoms with E-state index in [0.29, 0.717) is 5.56 Å². The van der Waals surface area contributed by atoms with Gasteiger partial charge in [-0.3, -0.25) is 0 Å². The quantitative estimate of drug-likeness (QED) is 0.536. The summed E-state index contributed by atoms with van der Waals surface area (Å²) < 4.78 is 14.0. The maximum absolute atomic E-state index is 14.0. The van der Waals surface area contributed by atoms with Crippen molar-refractivity contribution in [3.63, 3.8) is 0 Å². The van der Waals surface area contributed by atoms with E-state index < -0.39 is 0 Å². The molecule has 142 valence electrons. The molecular weight excluding hydrogens is 321 g/mol. The van der Waals surface area contributed by atoms with Gasteiger partial charge in [-0.25, -0.2) is 4.39 Å². The summed E-state index contributed by atoms with van der Waals surface area (Å²) in [4.78, 5) is 0. The fourth-order valence-electron chi connectivity index (χ4n) is 5.48. The van der Waals surface area contributed by atoms with Gasteiger partial charge in [0.15, 0.2) is 0 Å². The lowest BCUT2D eigenvalue weighted by Crippen LogP contribution is -2.26. The minimum atomic E-state index is -0.207. The molecule has 2 heteroatoms. The third-order valence-electron chi connectivity index (χ3n) is 7.15. The van der Waals surface area contributed by atoms with Crippen LogP contribution in [-0.2, 0) is 6.42 Å². The first-order chi connectivity index (χ1) is 12.7. The maximum Gasteiger partial charge on any atom is 0.127 e. The van der Waals surface area contributed by atoms with Crippen molar-refractivity contribution in [3.8, 4) is 6.07 Å². The standard InChI is InChI=1S/C24H34FN/c1-2-3-18-4-10-21(11-5-18)22-12-6-19(7-13-22)8-14-23-15-9-20(17-26)16-24(23)25/h9,15-16,18-19,21-22H,2-8,10-14H2,1H3. The van der Waals surface area contributed by atoms with Gasteiger partial charge in [0.2, 0.25) is 0 Å². The van der Waals surface area contributed by atoms with Gasteiger partial charge in [-0.15, -0.1) is 0 Å². The zero-order valence-electron chi connectivity index (χ0n) is 16.4. The molecule has 2 aliphatic carbocycles. The Kier molecular flexibility index (Phi) is 7.12. The Hall–Kier alpha value is -1.36. The molecule has 0 heterocycles. The van der Waals surface area contributed by atoms with Crippen molar-refractivity contribution < 1.29 is 4.39 Å². The number of nitriles is 1. The molecule has 0 aliphatic heterocycles. The van der Waals surface area contributed by atoms with E-state index in [4.69, 9.17) is 5.26 Å². The van der Waals surface area contributed by atoms with Crippen LogP contribution in [0.5, 0.6) is 0 Å². The van der Waals surface area contributed by atoms with E-state index in [1.807, 2.05) is 6.07 Å². The van der Waals surface area contributed by atoms with Crippen molar-refractivity contribution in [3.05, 3.63) is 35.1 Å². The van der Waals surface area contributed by atoms with Gasteiger partial charge in [-0.2, -0.15) is 5.26 Å². The molecule has 1 nitrogen and oxygen atoms in total. The predicted octanol–water partition coefficient (Wildman–Crippen LogP) is 7.04. The Morgan fingerprint density at radius 2 is 1.50 bits per heavy atom. The number of benzene rings is 1. The number of hydrogen-bond donors (Lipinski definition) is 0. The van der Waals surface area contributed by atoms with Gasteiger partial charge in [0.05, 0.1) is 11.6 Å². The monoisotopic (exact) mass is 355 g/mol. The first kappa shape index (κ1) is 19.4. The highest BCUT2D eigenvalue weighted by atomic mass is 19.1. The molecule has 2 saturated carbocycles. The normalized spacial score (nSPS) is 29.3. The number of hydrogen-bond acceptors (Lipinski definition) is 1. The van der Waals surface area contributed by atoms with Crippen LogP contribution >= 0.6 is 0 Å². The molecule has 3 rings (SSSR count). The minimum Gasteiger partial charge on any atom is -0.207 e. The molecule has 0 atom stereocenters. The molecular formula is C24H34FN. The van der Waals surface area contributed by atoms with Crippen molar-refractivity contribution in [1.82, 2.24) is 0 Å². The van der Waals surface area contributed by atoms with Gasteiger partial charge < -0.3 is 0 Å². The second kappa shape index (κ2) is 9.54. The first-order valence-electron chi connectivity index (χ1n) is 10.9. The van der Waals surface area contributed by atoms with Crippen LogP contribution < -0.4 is 0 Å². The fraction of sp³-hybridized carbons (Fsp3) is 0.708. The van der Waals surface area contributed by atoms with E-state index in [0.717, 1.165) is 42.1 Å². The molecule has 0 saturated heterocycles. The van der Waals surface area contributed by atoms with Gasteiger partial charge in [-0.05, 0) is 79.9 Å². The van der Waals surface area contributed by atoms with Gasteiger partial charge in [0, 0.05) is 0 Å². The molecule has 0 spiro atoms. The van der Waals surface area contributed by atoms with Crippen LogP contribution in [0.1, 0.15) is 88.7 Å². The highest BCUT2D eigenvalue weighted by Gasteiger charge is 2.30. The van der Waals surface area contributed by atoms with Crippen LogP contribution in [0.3, 0.4) is 0 Å². The Labute approximate surface area is 159 Å². The number of nitrogens with zero attached hydrogens (tertiary/aromatic N) is 1. The zero-order chi connectivity index (χ0) is 18.4. The highest BCUT2D eigenvalue weighted by Crippen LogP contribution is 2.42. The van der Waals surface area contributed by atoms with Crippen LogP contribution in [0.15, 0.2) is 18.2 Å². The fourth-order valence-corrected chi connectivity index (χ4v) is 5.48. The summed E-state index contributed by atoms with van der Waals surface area (Å²) in [5.74, 6) is 3.51. The van der Waals surface area contributed by atoms with E-state index in [1.165, 1.54) is 70.3 Å². The number of rotatable bonds is 6. The Balaban J connectivity index is 1.40. The summed E-state index contributed by atoms with van der Waals surface area (Å²) in [5.41, 5.74) is 1.20. The van der Waals surface area contributed by atoms with Crippen LogP contribution in [0.2, 0.25) is 0 Å². The molecule has 1 aromatic rings. The topological polar surface area (TPSA) is 23.8 Å². The molecule has 0 aromatic heterocycles. The minimum absolute atomic E-state index is 0.207. The number of aryl methyl sites for hydroxylation is 1.